The van der Waals surface area contributed by atoms with Gasteiger partial charge in [-0.2, -0.15) is 15.0 Å². The van der Waals surface area contributed by atoms with Crippen molar-refractivity contribution in [2.24, 2.45) is 0 Å². The molecule has 0 fully saturated rings. The fraction of sp³-hybridized carbons (Fsp3) is 0.438. The van der Waals surface area contributed by atoms with Gasteiger partial charge in [0.1, 0.15) is 0 Å². The highest BCUT2D eigenvalue weighted by atomic mass is 35.5. The summed E-state index contributed by atoms with van der Waals surface area (Å²) in [5.41, 5.74) is 1.32. The van der Waals surface area contributed by atoms with Crippen LogP contribution in [-0.4, -0.2) is 41.8 Å². The first-order valence-electron chi connectivity index (χ1n) is 7.70. The number of benzene rings is 1. The average molecular weight is 336 g/mol. The van der Waals surface area contributed by atoms with Crippen LogP contribution in [0.3, 0.4) is 0 Å². The third kappa shape index (κ3) is 6.80. The van der Waals surface area contributed by atoms with Gasteiger partial charge in [-0.3, -0.25) is 0 Å². The van der Waals surface area contributed by atoms with Crippen LogP contribution in [0.5, 0.6) is 0 Å². The lowest BCUT2D eigenvalue weighted by Crippen LogP contribution is -2.12. The molecule has 2 aromatic rings. The molecule has 0 radical (unpaired) electrons. The lowest BCUT2D eigenvalue weighted by atomic mass is 10.1. The van der Waals surface area contributed by atoms with E-state index in [9.17, 15) is 0 Å². The second-order valence-electron chi connectivity index (χ2n) is 5.04. The highest BCUT2D eigenvalue weighted by molar-refractivity contribution is 6.28. The van der Waals surface area contributed by atoms with E-state index >= 15 is 0 Å². The highest BCUT2D eigenvalue weighted by Gasteiger charge is 2.04. The molecule has 0 amide bonds. The molecular weight excluding hydrogens is 314 g/mol. The summed E-state index contributed by atoms with van der Waals surface area (Å²) in [7, 11) is 1.68. The van der Waals surface area contributed by atoms with Crippen LogP contribution in [0, 0.1) is 0 Å². The van der Waals surface area contributed by atoms with Crippen molar-refractivity contribution in [3.63, 3.8) is 0 Å². The molecule has 124 valence electrons. The number of methoxy groups -OCH3 is 1. The van der Waals surface area contributed by atoms with E-state index < -0.39 is 0 Å². The number of aromatic nitrogens is 3. The van der Waals surface area contributed by atoms with Crippen LogP contribution >= 0.6 is 11.6 Å². The average Bonchev–Trinajstić information content (AvgIpc) is 2.56. The first-order valence-corrected chi connectivity index (χ1v) is 8.08. The Balaban J connectivity index is 1.76. The number of aryl methyl sites for hydroxylation is 1. The van der Waals surface area contributed by atoms with Gasteiger partial charge in [-0.15, -0.1) is 0 Å². The van der Waals surface area contributed by atoms with Gasteiger partial charge in [0.05, 0.1) is 0 Å². The Morgan fingerprint density at radius 2 is 1.61 bits per heavy atom. The second kappa shape index (κ2) is 9.97. The summed E-state index contributed by atoms with van der Waals surface area (Å²) in [5, 5.41) is 6.48. The van der Waals surface area contributed by atoms with Crippen LogP contribution in [0.4, 0.5) is 11.9 Å². The lowest BCUT2D eigenvalue weighted by Gasteiger charge is -2.08. The molecule has 0 aliphatic carbocycles. The van der Waals surface area contributed by atoms with Crippen molar-refractivity contribution in [2.45, 2.75) is 19.3 Å². The normalized spacial score (nSPS) is 10.5. The molecule has 6 nitrogen and oxygen atoms in total. The minimum atomic E-state index is 0.180. The van der Waals surface area contributed by atoms with Crippen LogP contribution < -0.4 is 10.6 Å². The monoisotopic (exact) mass is 335 g/mol. The number of anilines is 2. The predicted octanol–water partition coefficient (Wildman–Crippen LogP) is 3.02. The van der Waals surface area contributed by atoms with Gasteiger partial charge in [0.15, 0.2) is 0 Å². The number of nitrogens with one attached hydrogen (secondary N) is 2. The first-order chi connectivity index (χ1) is 11.3. The maximum atomic E-state index is 5.93. The molecule has 23 heavy (non-hydrogen) atoms. The van der Waals surface area contributed by atoms with E-state index in [2.05, 4.69) is 49.9 Å². The summed E-state index contributed by atoms with van der Waals surface area (Å²) < 4.78 is 5.00. The van der Waals surface area contributed by atoms with E-state index in [-0.39, 0.29) is 5.28 Å². The highest BCUT2D eigenvalue weighted by Crippen LogP contribution is 2.10. The molecule has 0 unspecified atom stereocenters. The topological polar surface area (TPSA) is 72.0 Å². The van der Waals surface area contributed by atoms with Gasteiger partial charge in [-0.05, 0) is 36.4 Å². The minimum Gasteiger partial charge on any atom is -0.385 e. The van der Waals surface area contributed by atoms with Crippen molar-refractivity contribution in [2.75, 3.05) is 37.4 Å². The number of ether oxygens (including phenoxy) is 1. The van der Waals surface area contributed by atoms with Crippen LogP contribution in [0.25, 0.3) is 0 Å². The Morgan fingerprint density at radius 1 is 0.957 bits per heavy atom. The lowest BCUT2D eigenvalue weighted by molar-refractivity contribution is 0.197. The Morgan fingerprint density at radius 3 is 2.26 bits per heavy atom. The minimum absolute atomic E-state index is 0.180. The standard InChI is InChI=1S/C16H22ClN5O/c1-23-12-6-11-19-16-21-14(17)20-15(22-16)18-10-5-9-13-7-3-2-4-8-13/h2-4,7-8H,5-6,9-12H2,1H3,(H2,18,19,20,21,22). The van der Waals surface area contributed by atoms with Gasteiger partial charge in [-0.1, -0.05) is 30.3 Å². The molecule has 0 bridgehead atoms. The molecule has 0 atom stereocenters. The zero-order valence-electron chi connectivity index (χ0n) is 13.3. The predicted molar refractivity (Wildman–Crippen MR) is 93.1 cm³/mol. The summed E-state index contributed by atoms with van der Waals surface area (Å²) in [5.74, 6) is 0.971. The van der Waals surface area contributed by atoms with Gasteiger partial charge >= 0.3 is 0 Å². The van der Waals surface area contributed by atoms with Crippen molar-refractivity contribution in [3.05, 3.63) is 41.2 Å². The van der Waals surface area contributed by atoms with E-state index in [1.165, 1.54) is 5.56 Å². The van der Waals surface area contributed by atoms with E-state index in [0.717, 1.165) is 32.4 Å². The van der Waals surface area contributed by atoms with Crippen molar-refractivity contribution >= 4 is 23.5 Å². The molecule has 0 saturated carbocycles. The van der Waals surface area contributed by atoms with Crippen LogP contribution in [0.15, 0.2) is 30.3 Å². The smallest absolute Gasteiger partial charge is 0.228 e. The third-order valence-corrected chi connectivity index (χ3v) is 3.35. The molecule has 1 aromatic carbocycles. The van der Waals surface area contributed by atoms with E-state index in [4.69, 9.17) is 16.3 Å². The molecule has 0 aliphatic heterocycles. The van der Waals surface area contributed by atoms with E-state index in [0.29, 0.717) is 18.5 Å². The van der Waals surface area contributed by atoms with Gasteiger partial charge in [0, 0.05) is 26.8 Å². The molecule has 0 aliphatic rings. The molecule has 2 N–H and O–H groups in total. The Kier molecular flexibility index (Phi) is 7.56. The third-order valence-electron chi connectivity index (χ3n) is 3.18. The first kappa shape index (κ1) is 17.4. The van der Waals surface area contributed by atoms with Gasteiger partial charge in [-0.25, -0.2) is 0 Å². The van der Waals surface area contributed by atoms with Gasteiger partial charge in [0.25, 0.3) is 0 Å². The number of rotatable bonds is 10. The fourth-order valence-corrected chi connectivity index (χ4v) is 2.22. The van der Waals surface area contributed by atoms with Crippen molar-refractivity contribution < 1.29 is 4.74 Å². The molecule has 0 saturated heterocycles. The summed E-state index contributed by atoms with van der Waals surface area (Å²) in [6, 6.07) is 10.4. The number of halogens is 1. The zero-order chi connectivity index (χ0) is 16.3. The molecule has 2 rings (SSSR count). The van der Waals surface area contributed by atoms with Gasteiger partial charge in [0.2, 0.25) is 17.2 Å². The Hall–Kier alpha value is -1.92. The summed E-state index contributed by atoms with van der Waals surface area (Å²) in [6.07, 6.45) is 2.87. The van der Waals surface area contributed by atoms with Crippen LogP contribution in [0.2, 0.25) is 5.28 Å². The maximum absolute atomic E-state index is 5.93. The van der Waals surface area contributed by atoms with E-state index in [1.807, 2.05) is 6.07 Å². The Labute approximate surface area is 141 Å². The largest absolute Gasteiger partial charge is 0.385 e. The van der Waals surface area contributed by atoms with Crippen LogP contribution in [0.1, 0.15) is 18.4 Å². The molecule has 7 heteroatoms. The maximum Gasteiger partial charge on any atom is 0.228 e. The van der Waals surface area contributed by atoms with Crippen LogP contribution in [-0.2, 0) is 11.2 Å². The SMILES string of the molecule is COCCCNc1nc(Cl)nc(NCCCc2ccccc2)n1. The van der Waals surface area contributed by atoms with E-state index in [1.54, 1.807) is 7.11 Å². The van der Waals surface area contributed by atoms with Crippen molar-refractivity contribution in [1.82, 2.24) is 15.0 Å². The molecule has 1 heterocycles. The Bertz CT molecular complexity index is 582. The number of hydrogen-bond donors (Lipinski definition) is 2. The van der Waals surface area contributed by atoms with Crippen molar-refractivity contribution in [3.8, 4) is 0 Å². The molecular formula is C16H22ClN5O. The number of nitrogens with zero attached hydrogens (tertiary/aromatic N) is 3. The zero-order valence-corrected chi connectivity index (χ0v) is 14.0. The second-order valence-corrected chi connectivity index (χ2v) is 5.38. The van der Waals surface area contributed by atoms with Crippen molar-refractivity contribution in [1.29, 1.82) is 0 Å². The number of hydrogen-bond acceptors (Lipinski definition) is 6. The summed E-state index contributed by atoms with van der Waals surface area (Å²) >= 11 is 5.93. The summed E-state index contributed by atoms with van der Waals surface area (Å²) in [6.45, 7) is 2.19. The fourth-order valence-electron chi connectivity index (χ4n) is 2.06. The summed E-state index contributed by atoms with van der Waals surface area (Å²) in [4.78, 5) is 12.5. The molecule has 0 spiro atoms. The quantitative estimate of drug-likeness (QED) is 0.650. The molecule has 1 aromatic heterocycles. The van der Waals surface area contributed by atoms with Gasteiger partial charge < -0.3 is 15.4 Å².